The molecule has 1 fully saturated rings. The van der Waals surface area contributed by atoms with Crippen LogP contribution in [0, 0.1) is 30.9 Å². The molecule has 0 bridgehead atoms. The summed E-state index contributed by atoms with van der Waals surface area (Å²) in [6, 6.07) is 0. The SMILES string of the molecule is Cc1nn(CC(=O)N2CCN(S(=O)(=O)c3cnn(C)c3C)CC2)c(C)c1[N+](=O)[O-]. The van der Waals surface area contributed by atoms with Gasteiger partial charge in [0.2, 0.25) is 15.9 Å². The van der Waals surface area contributed by atoms with Crippen LogP contribution in [0.4, 0.5) is 5.69 Å². The fourth-order valence-electron chi connectivity index (χ4n) is 3.38. The van der Waals surface area contributed by atoms with Crippen LogP contribution in [0.25, 0.3) is 0 Å². The van der Waals surface area contributed by atoms with E-state index in [-0.39, 0.29) is 54.9 Å². The minimum Gasteiger partial charge on any atom is -0.338 e. The molecule has 1 saturated heterocycles. The number of amides is 1. The Bertz CT molecular complexity index is 1060. The van der Waals surface area contributed by atoms with Crippen molar-refractivity contribution in [3.63, 3.8) is 0 Å². The quantitative estimate of drug-likeness (QED) is 0.485. The first-order chi connectivity index (χ1) is 13.5. The van der Waals surface area contributed by atoms with Crippen molar-refractivity contribution in [2.24, 2.45) is 7.05 Å². The van der Waals surface area contributed by atoms with Gasteiger partial charge in [-0.3, -0.25) is 24.3 Å². The fourth-order valence-corrected chi connectivity index (χ4v) is 4.99. The third kappa shape index (κ3) is 3.74. The number of hydrogen-bond acceptors (Lipinski definition) is 7. The molecular weight excluding hydrogens is 402 g/mol. The second kappa shape index (κ2) is 7.55. The lowest BCUT2D eigenvalue weighted by atomic mass is 10.3. The highest BCUT2D eigenvalue weighted by Crippen LogP contribution is 2.23. The number of sulfonamides is 1. The second-order valence-corrected chi connectivity index (χ2v) is 8.84. The predicted molar refractivity (Wildman–Crippen MR) is 102 cm³/mol. The molecule has 0 N–H and O–H groups in total. The first-order valence-corrected chi connectivity index (χ1v) is 10.4. The van der Waals surface area contributed by atoms with Crippen molar-refractivity contribution in [1.82, 2.24) is 28.8 Å². The molecule has 0 spiro atoms. The van der Waals surface area contributed by atoms with Crippen LogP contribution in [0.3, 0.4) is 0 Å². The van der Waals surface area contributed by atoms with E-state index < -0.39 is 14.9 Å². The van der Waals surface area contributed by atoms with Crippen molar-refractivity contribution in [3.8, 4) is 0 Å². The summed E-state index contributed by atoms with van der Waals surface area (Å²) < 4.78 is 29.8. The summed E-state index contributed by atoms with van der Waals surface area (Å²) >= 11 is 0. The molecule has 0 atom stereocenters. The van der Waals surface area contributed by atoms with Crippen molar-refractivity contribution >= 4 is 21.6 Å². The molecule has 13 heteroatoms. The largest absolute Gasteiger partial charge is 0.338 e. The van der Waals surface area contributed by atoms with Crippen molar-refractivity contribution < 1.29 is 18.1 Å². The van der Waals surface area contributed by atoms with Gasteiger partial charge in [0.15, 0.2) is 0 Å². The Labute approximate surface area is 167 Å². The lowest BCUT2D eigenvalue weighted by Gasteiger charge is -2.34. The first-order valence-electron chi connectivity index (χ1n) is 8.99. The molecule has 0 saturated carbocycles. The van der Waals surface area contributed by atoms with E-state index in [0.717, 1.165) is 0 Å². The summed E-state index contributed by atoms with van der Waals surface area (Å²) in [5, 5.41) is 19.2. The van der Waals surface area contributed by atoms with E-state index in [1.807, 2.05) is 0 Å². The average molecular weight is 425 g/mol. The lowest BCUT2D eigenvalue weighted by Crippen LogP contribution is -2.51. The highest BCUT2D eigenvalue weighted by molar-refractivity contribution is 7.89. The van der Waals surface area contributed by atoms with E-state index in [1.54, 1.807) is 25.8 Å². The summed E-state index contributed by atoms with van der Waals surface area (Å²) in [6.07, 6.45) is 1.33. The number of rotatable bonds is 5. The zero-order chi connectivity index (χ0) is 21.5. The number of nitrogens with zero attached hydrogens (tertiary/aromatic N) is 7. The van der Waals surface area contributed by atoms with Gasteiger partial charge in [-0.1, -0.05) is 0 Å². The smallest absolute Gasteiger partial charge is 0.312 e. The van der Waals surface area contributed by atoms with Gasteiger partial charge in [0.1, 0.15) is 22.8 Å². The Morgan fingerprint density at radius 1 is 1.17 bits per heavy atom. The minimum atomic E-state index is -3.68. The number of piperazine rings is 1. The summed E-state index contributed by atoms with van der Waals surface area (Å²) in [4.78, 5) is 24.9. The zero-order valence-corrected chi connectivity index (χ0v) is 17.5. The van der Waals surface area contributed by atoms with Crippen molar-refractivity contribution in [2.75, 3.05) is 26.2 Å². The highest BCUT2D eigenvalue weighted by atomic mass is 32.2. The van der Waals surface area contributed by atoms with Gasteiger partial charge in [0.25, 0.3) is 0 Å². The van der Waals surface area contributed by atoms with Gasteiger partial charge in [-0.15, -0.1) is 0 Å². The monoisotopic (exact) mass is 425 g/mol. The Kier molecular flexibility index (Phi) is 5.45. The molecule has 0 unspecified atom stereocenters. The maximum atomic E-state index is 12.8. The molecule has 3 heterocycles. The van der Waals surface area contributed by atoms with Gasteiger partial charge < -0.3 is 4.90 Å². The van der Waals surface area contributed by atoms with Crippen LogP contribution in [0.5, 0.6) is 0 Å². The zero-order valence-electron chi connectivity index (χ0n) is 16.7. The summed E-state index contributed by atoms with van der Waals surface area (Å²) in [5.41, 5.74) is 1.02. The highest BCUT2D eigenvalue weighted by Gasteiger charge is 2.33. The van der Waals surface area contributed by atoms with Crippen LogP contribution in [0.2, 0.25) is 0 Å². The molecule has 0 aliphatic carbocycles. The number of hydrogen-bond donors (Lipinski definition) is 0. The van der Waals surface area contributed by atoms with Crippen LogP contribution in [0.15, 0.2) is 11.1 Å². The molecule has 1 aliphatic rings. The van der Waals surface area contributed by atoms with Gasteiger partial charge in [-0.2, -0.15) is 14.5 Å². The topological polar surface area (TPSA) is 136 Å². The molecular formula is C16H23N7O5S. The third-order valence-corrected chi connectivity index (χ3v) is 7.21. The normalized spacial score (nSPS) is 15.7. The van der Waals surface area contributed by atoms with E-state index in [2.05, 4.69) is 10.2 Å². The maximum Gasteiger partial charge on any atom is 0.312 e. The molecule has 0 aromatic carbocycles. The average Bonchev–Trinajstić information content (AvgIpc) is 3.14. The summed E-state index contributed by atoms with van der Waals surface area (Å²) in [5.74, 6) is -0.264. The van der Waals surface area contributed by atoms with Gasteiger partial charge in [0, 0.05) is 33.2 Å². The van der Waals surface area contributed by atoms with E-state index >= 15 is 0 Å². The van der Waals surface area contributed by atoms with Gasteiger partial charge in [-0.05, 0) is 20.8 Å². The molecule has 0 radical (unpaired) electrons. The number of aryl methyl sites for hydroxylation is 2. The third-order valence-electron chi connectivity index (χ3n) is 5.21. The number of carbonyl (C=O) groups excluding carboxylic acids is 1. The Morgan fingerprint density at radius 2 is 1.79 bits per heavy atom. The Hall–Kier alpha value is -2.80. The number of nitro groups is 1. The second-order valence-electron chi connectivity index (χ2n) is 6.94. The van der Waals surface area contributed by atoms with Gasteiger partial charge in [0.05, 0.1) is 16.8 Å². The van der Waals surface area contributed by atoms with E-state index in [4.69, 9.17) is 0 Å². The molecule has 3 rings (SSSR count). The van der Waals surface area contributed by atoms with Gasteiger partial charge >= 0.3 is 5.69 Å². The van der Waals surface area contributed by atoms with E-state index in [1.165, 1.54) is 26.8 Å². The fraction of sp³-hybridized carbons (Fsp3) is 0.562. The van der Waals surface area contributed by atoms with Crippen LogP contribution in [-0.2, 0) is 28.4 Å². The van der Waals surface area contributed by atoms with Crippen LogP contribution in [-0.4, -0.2) is 74.2 Å². The molecule has 1 amide bonds. The molecule has 12 nitrogen and oxygen atoms in total. The van der Waals surface area contributed by atoms with Crippen LogP contribution in [0.1, 0.15) is 17.1 Å². The summed E-state index contributed by atoms with van der Waals surface area (Å²) in [6.45, 7) is 5.43. The molecule has 29 heavy (non-hydrogen) atoms. The van der Waals surface area contributed by atoms with E-state index in [9.17, 15) is 23.3 Å². The molecule has 1 aliphatic heterocycles. The number of carbonyl (C=O) groups is 1. The van der Waals surface area contributed by atoms with Crippen molar-refractivity contribution in [1.29, 1.82) is 0 Å². The molecule has 2 aromatic heterocycles. The lowest BCUT2D eigenvalue weighted by molar-refractivity contribution is -0.386. The molecule has 2 aromatic rings. The van der Waals surface area contributed by atoms with Crippen LogP contribution >= 0.6 is 0 Å². The first kappa shape index (κ1) is 20.9. The predicted octanol–water partition coefficient (Wildman–Crippen LogP) is -0.0168. The minimum absolute atomic E-state index is 0.0967. The maximum absolute atomic E-state index is 12.8. The molecule has 158 valence electrons. The Balaban J connectivity index is 1.67. The van der Waals surface area contributed by atoms with Crippen molar-refractivity contribution in [2.45, 2.75) is 32.2 Å². The van der Waals surface area contributed by atoms with E-state index in [0.29, 0.717) is 11.4 Å². The van der Waals surface area contributed by atoms with Gasteiger partial charge in [-0.25, -0.2) is 8.42 Å². The standard InChI is InChI=1S/C16H23N7O5S/c1-11-16(23(25)26)13(3)22(18-11)10-15(24)20-5-7-21(8-6-20)29(27,28)14-9-17-19(4)12(14)2/h9H,5-8,10H2,1-4H3. The number of aromatic nitrogens is 4. The van der Waals surface area contributed by atoms with Crippen LogP contribution < -0.4 is 0 Å². The summed E-state index contributed by atoms with van der Waals surface area (Å²) in [7, 11) is -2.00. The van der Waals surface area contributed by atoms with Crippen molar-refractivity contribution in [3.05, 3.63) is 33.4 Å². The Morgan fingerprint density at radius 3 is 2.28 bits per heavy atom.